The van der Waals surface area contributed by atoms with E-state index in [0.29, 0.717) is 11.1 Å². The van der Waals surface area contributed by atoms with E-state index < -0.39 is 24.0 Å². The summed E-state index contributed by atoms with van der Waals surface area (Å²) in [5.74, 6) is -1.82. The van der Waals surface area contributed by atoms with Crippen LogP contribution in [0.2, 0.25) is 0 Å². The molecule has 3 aliphatic heterocycles. The molecule has 2 amide bonds. The van der Waals surface area contributed by atoms with Crippen molar-refractivity contribution in [3.05, 3.63) is 23.3 Å². The molecule has 8 heteroatoms. The summed E-state index contributed by atoms with van der Waals surface area (Å²) in [4.78, 5) is 46.1. The van der Waals surface area contributed by atoms with Crippen molar-refractivity contribution in [1.82, 2.24) is 10.6 Å². The third kappa shape index (κ3) is 2.18. The lowest BCUT2D eigenvalue weighted by atomic mass is 9.85. The fourth-order valence-electron chi connectivity index (χ4n) is 2.58. The van der Waals surface area contributed by atoms with E-state index >= 15 is 0 Å². The highest BCUT2D eigenvalue weighted by molar-refractivity contribution is 6.01. The summed E-state index contributed by atoms with van der Waals surface area (Å²) in [5, 5.41) is 5.13. The van der Waals surface area contributed by atoms with Gasteiger partial charge in [0.05, 0.1) is 0 Å². The number of hydrogen-bond donors (Lipinski definition) is 2. The maximum absolute atomic E-state index is 11.8. The van der Waals surface area contributed by atoms with Gasteiger partial charge in [-0.15, -0.1) is 0 Å². The Labute approximate surface area is 124 Å². The van der Waals surface area contributed by atoms with E-state index in [1.807, 2.05) is 0 Å². The number of benzene rings is 1. The molecule has 3 aliphatic rings. The first-order chi connectivity index (χ1) is 10.4. The minimum atomic E-state index is -0.854. The van der Waals surface area contributed by atoms with Crippen molar-refractivity contribution >= 4 is 23.8 Å². The fourth-order valence-corrected chi connectivity index (χ4v) is 2.58. The topological polar surface area (TPSA) is 111 Å². The zero-order valence-electron chi connectivity index (χ0n) is 11.8. The lowest BCUT2D eigenvalue weighted by molar-refractivity contribution is -0.138. The first kappa shape index (κ1) is 14.1. The van der Waals surface area contributed by atoms with Gasteiger partial charge in [-0.3, -0.25) is 19.2 Å². The van der Waals surface area contributed by atoms with Crippen LogP contribution >= 0.6 is 0 Å². The lowest BCUT2D eigenvalue weighted by Crippen LogP contribution is -2.57. The summed E-state index contributed by atoms with van der Waals surface area (Å²) in [6.45, 7) is 2.41. The van der Waals surface area contributed by atoms with Crippen LogP contribution < -0.4 is 20.1 Å². The Morgan fingerprint density at radius 3 is 1.55 bits per heavy atom. The van der Waals surface area contributed by atoms with Gasteiger partial charge in [-0.05, 0) is 23.3 Å². The largest absolute Gasteiger partial charge is 0.423 e. The van der Waals surface area contributed by atoms with Gasteiger partial charge in [0, 0.05) is 13.8 Å². The summed E-state index contributed by atoms with van der Waals surface area (Å²) >= 11 is 0. The molecule has 4 rings (SSSR count). The highest BCUT2D eigenvalue weighted by atomic mass is 16.6. The molecule has 0 radical (unpaired) electrons. The van der Waals surface area contributed by atoms with Gasteiger partial charge in [0.2, 0.25) is 11.8 Å². The van der Waals surface area contributed by atoms with Crippen molar-refractivity contribution in [2.24, 2.45) is 0 Å². The molecular formula is C14H12N2O6. The molecule has 0 saturated carbocycles. The SMILES string of the molecule is CC(=O)Oc1cc2c(cc1OC(C)=O)C1NC(=O)C2NC1=O. The van der Waals surface area contributed by atoms with Gasteiger partial charge >= 0.3 is 11.9 Å². The summed E-state index contributed by atoms with van der Waals surface area (Å²) in [6.07, 6.45) is 0. The number of nitrogens with one attached hydrogen (secondary N) is 2. The minimum absolute atomic E-state index is 0.0241. The van der Waals surface area contributed by atoms with Crippen LogP contribution in [0.25, 0.3) is 0 Å². The van der Waals surface area contributed by atoms with Crippen LogP contribution in [-0.4, -0.2) is 23.8 Å². The molecule has 1 fully saturated rings. The number of esters is 2. The minimum Gasteiger partial charge on any atom is -0.423 e. The molecule has 0 spiro atoms. The number of carbonyl (C=O) groups is 4. The summed E-state index contributed by atoms with van der Waals surface area (Å²) < 4.78 is 10.0. The molecule has 114 valence electrons. The van der Waals surface area contributed by atoms with Crippen LogP contribution in [0.15, 0.2) is 12.1 Å². The average molecular weight is 304 g/mol. The summed E-state index contributed by atoms with van der Waals surface area (Å²) in [7, 11) is 0. The van der Waals surface area contributed by atoms with E-state index in [0.717, 1.165) is 0 Å². The Morgan fingerprint density at radius 2 is 1.23 bits per heavy atom. The second-order valence-corrected chi connectivity index (χ2v) is 5.00. The van der Waals surface area contributed by atoms with Crippen LogP contribution in [0.1, 0.15) is 37.1 Å². The Morgan fingerprint density at radius 1 is 0.864 bits per heavy atom. The number of rotatable bonds is 2. The number of amides is 2. The quantitative estimate of drug-likeness (QED) is 0.582. The second kappa shape index (κ2) is 4.83. The van der Waals surface area contributed by atoms with Gasteiger partial charge in [0.15, 0.2) is 11.5 Å². The number of carbonyl (C=O) groups excluding carboxylic acids is 4. The highest BCUT2D eigenvalue weighted by Crippen LogP contribution is 2.41. The van der Waals surface area contributed by atoms with Crippen molar-refractivity contribution < 1.29 is 28.7 Å². The molecule has 2 bridgehead atoms. The van der Waals surface area contributed by atoms with Gasteiger partial charge in [0.1, 0.15) is 12.1 Å². The van der Waals surface area contributed by atoms with Crippen molar-refractivity contribution in [1.29, 1.82) is 0 Å². The number of piperazine rings is 1. The molecule has 3 heterocycles. The molecule has 0 aromatic heterocycles. The average Bonchev–Trinajstić information content (AvgIpc) is 2.40. The van der Waals surface area contributed by atoms with Gasteiger partial charge in [-0.2, -0.15) is 0 Å². The summed E-state index contributed by atoms with van der Waals surface area (Å²) in [6, 6.07) is 1.16. The molecule has 1 aromatic carbocycles. The van der Waals surface area contributed by atoms with E-state index in [-0.39, 0.29) is 23.3 Å². The Hall–Kier alpha value is -2.90. The smallest absolute Gasteiger partial charge is 0.308 e. The molecular weight excluding hydrogens is 292 g/mol. The monoisotopic (exact) mass is 304 g/mol. The second-order valence-electron chi connectivity index (χ2n) is 5.00. The number of ether oxygens (including phenoxy) is 2. The molecule has 2 unspecified atom stereocenters. The van der Waals surface area contributed by atoms with E-state index in [4.69, 9.17) is 9.47 Å². The zero-order valence-corrected chi connectivity index (χ0v) is 11.8. The molecule has 1 aromatic rings. The van der Waals surface area contributed by atoms with Crippen molar-refractivity contribution in [3.8, 4) is 11.5 Å². The number of hydrogen-bond acceptors (Lipinski definition) is 6. The zero-order chi connectivity index (χ0) is 16.0. The third-order valence-corrected chi connectivity index (χ3v) is 3.38. The lowest BCUT2D eigenvalue weighted by Gasteiger charge is -2.38. The maximum atomic E-state index is 11.8. The molecule has 2 atom stereocenters. The van der Waals surface area contributed by atoms with Crippen molar-refractivity contribution in [2.45, 2.75) is 25.9 Å². The van der Waals surface area contributed by atoms with Crippen LogP contribution in [0, 0.1) is 0 Å². The summed E-state index contributed by atoms with van der Waals surface area (Å²) in [5.41, 5.74) is 1.03. The number of fused-ring (bicyclic) bond motifs is 2. The molecule has 1 saturated heterocycles. The van der Waals surface area contributed by atoms with Crippen LogP contribution in [0.3, 0.4) is 0 Å². The first-order valence-corrected chi connectivity index (χ1v) is 6.52. The molecule has 8 nitrogen and oxygen atoms in total. The first-order valence-electron chi connectivity index (χ1n) is 6.52. The van der Waals surface area contributed by atoms with Crippen LogP contribution in [0.4, 0.5) is 0 Å². The van der Waals surface area contributed by atoms with E-state index in [2.05, 4.69) is 10.6 Å². The van der Waals surface area contributed by atoms with Crippen LogP contribution in [-0.2, 0) is 19.2 Å². The predicted octanol–water partition coefficient (Wildman–Crippen LogP) is -0.121. The van der Waals surface area contributed by atoms with Gasteiger partial charge < -0.3 is 20.1 Å². The maximum Gasteiger partial charge on any atom is 0.308 e. The highest BCUT2D eigenvalue weighted by Gasteiger charge is 2.44. The molecule has 2 N–H and O–H groups in total. The Kier molecular flexibility index (Phi) is 3.09. The van der Waals surface area contributed by atoms with E-state index in [1.54, 1.807) is 0 Å². The van der Waals surface area contributed by atoms with E-state index in [1.165, 1.54) is 26.0 Å². The standard InChI is InChI=1S/C14H12N2O6/c1-5(17)21-9-3-7-8(4-10(9)22-6(2)18)12-14(20)15-11(7)13(19)16-12/h3-4,11-12H,1-2H3,(H,15,20)(H,16,19). The van der Waals surface area contributed by atoms with Gasteiger partial charge in [0.25, 0.3) is 0 Å². The van der Waals surface area contributed by atoms with E-state index in [9.17, 15) is 19.2 Å². The predicted molar refractivity (Wildman–Crippen MR) is 70.8 cm³/mol. The fraction of sp³-hybridized carbons (Fsp3) is 0.286. The third-order valence-electron chi connectivity index (χ3n) is 3.38. The molecule has 0 aliphatic carbocycles. The van der Waals surface area contributed by atoms with Gasteiger partial charge in [-0.1, -0.05) is 0 Å². The van der Waals surface area contributed by atoms with Crippen molar-refractivity contribution in [3.63, 3.8) is 0 Å². The Bertz CT molecular complexity index is 665. The van der Waals surface area contributed by atoms with Crippen molar-refractivity contribution in [2.75, 3.05) is 0 Å². The Balaban J connectivity index is 2.14. The normalized spacial score (nSPS) is 21.5. The molecule has 22 heavy (non-hydrogen) atoms. The van der Waals surface area contributed by atoms with Gasteiger partial charge in [-0.25, -0.2) is 0 Å². The van der Waals surface area contributed by atoms with Crippen LogP contribution in [0.5, 0.6) is 11.5 Å².